The molecule has 0 spiro atoms. The monoisotopic (exact) mass is 433 g/mol. The fraction of sp³-hybridized carbons (Fsp3) is 0.263. The smallest absolute Gasteiger partial charge is 0.227 e. The minimum atomic E-state index is -0.284. The summed E-state index contributed by atoms with van der Waals surface area (Å²) < 4.78 is 15.7. The molecule has 1 aliphatic rings. The first-order valence-corrected chi connectivity index (χ1v) is 10.1. The molecule has 0 unspecified atom stereocenters. The largest absolute Gasteiger partial charge is 0.348 e. The minimum Gasteiger partial charge on any atom is -0.348 e. The summed E-state index contributed by atoms with van der Waals surface area (Å²) in [5, 5.41) is 3.81. The Hall–Kier alpha value is -1.99. The molecule has 2 aromatic carbocycles. The molecule has 3 aromatic rings. The van der Waals surface area contributed by atoms with E-state index in [1.807, 2.05) is 30.3 Å². The molecular formula is C19H17BrFN3OS. The van der Waals surface area contributed by atoms with Crippen LogP contribution in [0.2, 0.25) is 0 Å². The third-order valence-corrected chi connectivity index (χ3v) is 6.22. The van der Waals surface area contributed by atoms with Crippen LogP contribution < -0.4 is 10.2 Å². The Kier molecular flexibility index (Phi) is 4.91. The van der Waals surface area contributed by atoms with Crippen LogP contribution >= 0.6 is 27.3 Å². The second-order valence-corrected chi connectivity index (χ2v) is 8.27. The highest BCUT2D eigenvalue weighted by molar-refractivity contribution is 9.10. The number of aromatic nitrogens is 1. The molecule has 1 N–H and O–H groups in total. The summed E-state index contributed by atoms with van der Waals surface area (Å²) >= 11 is 4.89. The number of carbonyl (C=O) groups excluding carboxylic acids is 1. The summed E-state index contributed by atoms with van der Waals surface area (Å²) in [4.78, 5) is 19.1. The standard InChI is InChI=1S/C19H17BrFN3OS/c20-13-4-6-14(7-5-13)22-18(25)12-8-10-24(11-9-12)19-23-17-15(21)2-1-3-16(17)26-19/h1-7,12H,8-11H2,(H,22,25). The molecule has 1 fully saturated rings. The Morgan fingerprint density at radius 1 is 1.19 bits per heavy atom. The van der Waals surface area contributed by atoms with Crippen LogP contribution in [0.15, 0.2) is 46.9 Å². The van der Waals surface area contributed by atoms with Crippen molar-refractivity contribution in [3.8, 4) is 0 Å². The predicted molar refractivity (Wildman–Crippen MR) is 107 cm³/mol. The number of halogens is 2. The molecule has 0 aliphatic carbocycles. The lowest BCUT2D eigenvalue weighted by atomic mass is 9.96. The van der Waals surface area contributed by atoms with Gasteiger partial charge in [-0.2, -0.15) is 0 Å². The average molecular weight is 434 g/mol. The number of benzene rings is 2. The molecular weight excluding hydrogens is 417 g/mol. The highest BCUT2D eigenvalue weighted by Gasteiger charge is 2.26. The maximum atomic E-state index is 13.8. The number of rotatable bonds is 3. The first-order valence-electron chi connectivity index (χ1n) is 8.46. The third-order valence-electron chi connectivity index (χ3n) is 4.61. The number of carbonyl (C=O) groups is 1. The van der Waals surface area contributed by atoms with E-state index in [2.05, 4.69) is 31.1 Å². The fourth-order valence-corrected chi connectivity index (χ4v) is 4.45. The summed E-state index contributed by atoms with van der Waals surface area (Å²) in [6, 6.07) is 12.6. The van der Waals surface area contributed by atoms with Gasteiger partial charge in [0.25, 0.3) is 0 Å². The summed E-state index contributed by atoms with van der Waals surface area (Å²) in [6.07, 6.45) is 1.53. The number of thiazole rings is 1. The van der Waals surface area contributed by atoms with Crippen LogP contribution in [0.25, 0.3) is 10.2 Å². The predicted octanol–water partition coefficient (Wildman–Crippen LogP) is 5.05. The normalized spacial score (nSPS) is 15.4. The summed E-state index contributed by atoms with van der Waals surface area (Å²) in [5.41, 5.74) is 1.24. The maximum absolute atomic E-state index is 13.8. The van der Waals surface area contributed by atoms with Gasteiger partial charge in [-0.15, -0.1) is 0 Å². The molecule has 4 rings (SSSR count). The molecule has 0 saturated carbocycles. The van der Waals surface area contributed by atoms with Crippen LogP contribution in [0.3, 0.4) is 0 Å². The lowest BCUT2D eigenvalue weighted by Crippen LogP contribution is -2.38. The van der Waals surface area contributed by atoms with Crippen molar-refractivity contribution < 1.29 is 9.18 Å². The van der Waals surface area contributed by atoms with E-state index < -0.39 is 0 Å². The van der Waals surface area contributed by atoms with Crippen LogP contribution in [0.1, 0.15) is 12.8 Å². The zero-order chi connectivity index (χ0) is 18.1. The summed E-state index contributed by atoms with van der Waals surface area (Å²) in [5.74, 6) is -0.239. The quantitative estimate of drug-likeness (QED) is 0.628. The zero-order valence-corrected chi connectivity index (χ0v) is 16.3. The second-order valence-electron chi connectivity index (χ2n) is 6.34. The molecule has 26 heavy (non-hydrogen) atoms. The van der Waals surface area contributed by atoms with Gasteiger partial charge in [0.1, 0.15) is 11.3 Å². The Balaban J connectivity index is 1.39. The maximum Gasteiger partial charge on any atom is 0.227 e. The van der Waals surface area contributed by atoms with Crippen LogP contribution in [-0.2, 0) is 4.79 Å². The van der Waals surface area contributed by atoms with Crippen LogP contribution in [0.5, 0.6) is 0 Å². The van der Waals surface area contributed by atoms with Gasteiger partial charge in [0.2, 0.25) is 5.91 Å². The molecule has 1 aromatic heterocycles. The Labute approximate surface area is 163 Å². The topological polar surface area (TPSA) is 45.2 Å². The van der Waals surface area contributed by atoms with Crippen molar-refractivity contribution in [3.63, 3.8) is 0 Å². The molecule has 134 valence electrons. The van der Waals surface area contributed by atoms with Gasteiger partial charge < -0.3 is 10.2 Å². The lowest BCUT2D eigenvalue weighted by molar-refractivity contribution is -0.120. The number of piperidine rings is 1. The number of fused-ring (bicyclic) bond motifs is 1. The molecule has 1 amide bonds. The first-order chi connectivity index (χ1) is 12.6. The second kappa shape index (κ2) is 7.32. The highest BCUT2D eigenvalue weighted by atomic mass is 79.9. The summed E-state index contributed by atoms with van der Waals surface area (Å²) in [7, 11) is 0. The number of anilines is 2. The molecule has 0 radical (unpaired) electrons. The van der Waals surface area contributed by atoms with Gasteiger partial charge in [-0.05, 0) is 49.2 Å². The minimum absolute atomic E-state index is 0.0130. The summed E-state index contributed by atoms with van der Waals surface area (Å²) in [6.45, 7) is 1.50. The van der Waals surface area contributed by atoms with E-state index in [0.717, 1.165) is 45.9 Å². The number of hydrogen-bond donors (Lipinski definition) is 1. The zero-order valence-electron chi connectivity index (χ0n) is 13.9. The number of amides is 1. The van der Waals surface area contributed by atoms with Gasteiger partial charge in [0, 0.05) is 29.2 Å². The number of nitrogens with one attached hydrogen (secondary N) is 1. The molecule has 0 atom stereocenters. The molecule has 1 saturated heterocycles. The van der Waals surface area contributed by atoms with Crippen LogP contribution in [-0.4, -0.2) is 24.0 Å². The van der Waals surface area contributed by atoms with E-state index in [1.54, 1.807) is 6.07 Å². The van der Waals surface area contributed by atoms with Crippen LogP contribution in [0.4, 0.5) is 15.2 Å². The molecule has 7 heteroatoms. The SMILES string of the molecule is O=C(Nc1ccc(Br)cc1)C1CCN(c2nc3c(F)cccc3s2)CC1. The van der Waals surface area contributed by atoms with E-state index in [9.17, 15) is 9.18 Å². The van der Waals surface area contributed by atoms with Crippen LogP contribution in [0, 0.1) is 11.7 Å². The van der Waals surface area contributed by atoms with Gasteiger partial charge in [-0.3, -0.25) is 4.79 Å². The fourth-order valence-electron chi connectivity index (χ4n) is 3.15. The van der Waals surface area contributed by atoms with E-state index >= 15 is 0 Å². The van der Waals surface area contributed by atoms with Crippen molar-refractivity contribution in [1.82, 2.24) is 4.98 Å². The number of hydrogen-bond acceptors (Lipinski definition) is 4. The Morgan fingerprint density at radius 2 is 1.92 bits per heavy atom. The van der Waals surface area contributed by atoms with E-state index in [4.69, 9.17) is 0 Å². The Morgan fingerprint density at radius 3 is 2.62 bits per heavy atom. The van der Waals surface area contributed by atoms with Crippen molar-refractivity contribution in [2.45, 2.75) is 12.8 Å². The average Bonchev–Trinajstić information content (AvgIpc) is 3.09. The highest BCUT2D eigenvalue weighted by Crippen LogP contribution is 2.32. The van der Waals surface area contributed by atoms with Crippen molar-refractivity contribution in [2.75, 3.05) is 23.3 Å². The molecule has 0 bridgehead atoms. The van der Waals surface area contributed by atoms with Gasteiger partial charge in [0.05, 0.1) is 4.70 Å². The van der Waals surface area contributed by atoms with Crippen molar-refractivity contribution in [3.05, 3.63) is 52.8 Å². The first kappa shape index (κ1) is 17.4. The van der Waals surface area contributed by atoms with E-state index in [1.165, 1.54) is 17.4 Å². The van der Waals surface area contributed by atoms with Gasteiger partial charge >= 0.3 is 0 Å². The number of para-hydroxylation sites is 1. The van der Waals surface area contributed by atoms with Gasteiger partial charge in [0.15, 0.2) is 5.13 Å². The number of nitrogens with zero attached hydrogens (tertiary/aromatic N) is 2. The lowest BCUT2D eigenvalue weighted by Gasteiger charge is -2.31. The molecule has 1 aliphatic heterocycles. The Bertz CT molecular complexity index is 936. The molecule has 2 heterocycles. The van der Waals surface area contributed by atoms with Gasteiger partial charge in [-0.25, -0.2) is 9.37 Å². The third kappa shape index (κ3) is 3.59. The van der Waals surface area contributed by atoms with E-state index in [-0.39, 0.29) is 17.6 Å². The molecule has 4 nitrogen and oxygen atoms in total. The van der Waals surface area contributed by atoms with E-state index in [0.29, 0.717) is 5.52 Å². The van der Waals surface area contributed by atoms with Gasteiger partial charge in [-0.1, -0.05) is 33.3 Å². The van der Waals surface area contributed by atoms with Crippen molar-refractivity contribution in [2.24, 2.45) is 5.92 Å². The van der Waals surface area contributed by atoms with Crippen molar-refractivity contribution >= 4 is 54.2 Å². The van der Waals surface area contributed by atoms with Crippen molar-refractivity contribution in [1.29, 1.82) is 0 Å².